The molecule has 0 bridgehead atoms. The molecular weight excluding hydrogens is 776 g/mol. The van der Waals surface area contributed by atoms with Gasteiger partial charge in [-0.15, -0.1) is 0 Å². The standard InChI is InChI=1S/C30H52O26/c31-1-6-11(36)14(39)19(44)27(49-6)56-25-15(40)12(37)7(2-32)51-30(25)54-23-10(5-35)52-28(20(45)17(23)42)55-24-13(38)8(3-33)50-29(21(24)46)53-22-9(4-34)48-26(47)18(43)16(22)41/h6-47H,1-5H2/t6-,7-,8-,9-,10-,11-,12+,13+,14+,15+,16-,17-,18-,19-,20-,21-,22-,23+,24+,25-,26?,27+,28-,29+,30+/m1/s1. The van der Waals surface area contributed by atoms with Gasteiger partial charge in [0.15, 0.2) is 31.5 Å². The third kappa shape index (κ3) is 9.16. The average molecular weight is 829 g/mol. The Hall–Kier alpha value is -1.04. The fourth-order valence-electron chi connectivity index (χ4n) is 7.00. The number of rotatable bonds is 13. The molecule has 5 saturated heterocycles. The first-order chi connectivity index (χ1) is 26.5. The molecule has 0 amide bonds. The largest absolute Gasteiger partial charge is 0.394 e. The maximum absolute atomic E-state index is 11.2. The van der Waals surface area contributed by atoms with Crippen LogP contribution in [0.15, 0.2) is 0 Å². The van der Waals surface area contributed by atoms with Crippen molar-refractivity contribution in [3.8, 4) is 0 Å². The topological polar surface area (TPSA) is 427 Å². The van der Waals surface area contributed by atoms with Crippen molar-refractivity contribution in [1.29, 1.82) is 0 Å². The van der Waals surface area contributed by atoms with E-state index in [1.54, 1.807) is 0 Å². The van der Waals surface area contributed by atoms with Crippen LogP contribution < -0.4 is 0 Å². The van der Waals surface area contributed by atoms with Gasteiger partial charge in [-0.1, -0.05) is 0 Å². The van der Waals surface area contributed by atoms with Crippen molar-refractivity contribution < 1.29 is 129 Å². The van der Waals surface area contributed by atoms with E-state index in [0.717, 1.165) is 0 Å². The summed E-state index contributed by atoms with van der Waals surface area (Å²) in [7, 11) is 0. The summed E-state index contributed by atoms with van der Waals surface area (Å²) in [6.45, 7) is -4.59. The first kappa shape index (κ1) is 46.0. The molecule has 0 aromatic carbocycles. The molecule has 5 aliphatic heterocycles. The smallest absolute Gasteiger partial charge is 0.187 e. The predicted molar refractivity (Wildman–Crippen MR) is 167 cm³/mol. The number of hydrogen-bond acceptors (Lipinski definition) is 26. The van der Waals surface area contributed by atoms with Crippen molar-refractivity contribution in [1.82, 2.24) is 0 Å². The third-order valence-electron chi connectivity index (χ3n) is 10.3. The van der Waals surface area contributed by atoms with Crippen LogP contribution in [0.25, 0.3) is 0 Å². The third-order valence-corrected chi connectivity index (χ3v) is 10.3. The van der Waals surface area contributed by atoms with E-state index in [-0.39, 0.29) is 0 Å². The maximum Gasteiger partial charge on any atom is 0.187 e. The van der Waals surface area contributed by atoms with Crippen molar-refractivity contribution in [3.63, 3.8) is 0 Å². The van der Waals surface area contributed by atoms with Gasteiger partial charge in [0.2, 0.25) is 0 Å². The molecule has 56 heavy (non-hydrogen) atoms. The predicted octanol–water partition coefficient (Wildman–Crippen LogP) is -11.9. The van der Waals surface area contributed by atoms with Crippen LogP contribution in [0.5, 0.6) is 0 Å². The van der Waals surface area contributed by atoms with Crippen molar-refractivity contribution in [2.24, 2.45) is 0 Å². The molecule has 5 fully saturated rings. The molecule has 17 N–H and O–H groups in total. The van der Waals surface area contributed by atoms with E-state index in [1.165, 1.54) is 0 Å². The number of ether oxygens (including phenoxy) is 9. The van der Waals surface area contributed by atoms with Gasteiger partial charge < -0.3 is 129 Å². The summed E-state index contributed by atoms with van der Waals surface area (Å²) < 4.78 is 49.5. The number of aliphatic hydroxyl groups excluding tert-OH is 17. The van der Waals surface area contributed by atoms with E-state index in [0.29, 0.717) is 0 Å². The Morgan fingerprint density at radius 1 is 0.268 bits per heavy atom. The first-order valence-corrected chi connectivity index (χ1v) is 17.6. The minimum atomic E-state index is -2.18. The Morgan fingerprint density at radius 2 is 0.607 bits per heavy atom. The molecule has 0 spiro atoms. The number of hydrogen-bond donors (Lipinski definition) is 17. The molecule has 5 rings (SSSR count). The monoisotopic (exact) mass is 828 g/mol. The zero-order valence-corrected chi connectivity index (χ0v) is 29.2. The van der Waals surface area contributed by atoms with Crippen LogP contribution in [-0.4, -0.2) is 273 Å². The fourth-order valence-corrected chi connectivity index (χ4v) is 7.00. The number of aliphatic hydroxyl groups is 17. The molecule has 25 atom stereocenters. The molecule has 0 aromatic rings. The lowest BCUT2D eigenvalue weighted by Crippen LogP contribution is -2.68. The Morgan fingerprint density at radius 3 is 1.14 bits per heavy atom. The van der Waals surface area contributed by atoms with E-state index in [2.05, 4.69) is 0 Å². The van der Waals surface area contributed by atoms with Crippen LogP contribution in [0.4, 0.5) is 0 Å². The zero-order valence-electron chi connectivity index (χ0n) is 29.2. The Bertz CT molecular complexity index is 1200. The molecule has 0 aromatic heterocycles. The quantitative estimate of drug-likeness (QED) is 0.0819. The van der Waals surface area contributed by atoms with E-state index >= 15 is 0 Å². The first-order valence-electron chi connectivity index (χ1n) is 17.6. The van der Waals surface area contributed by atoms with E-state index in [9.17, 15) is 86.8 Å². The molecule has 0 radical (unpaired) electrons. The van der Waals surface area contributed by atoms with E-state index in [1.807, 2.05) is 0 Å². The van der Waals surface area contributed by atoms with Crippen molar-refractivity contribution in [2.75, 3.05) is 33.0 Å². The highest BCUT2D eigenvalue weighted by Gasteiger charge is 2.56. The molecule has 0 saturated carbocycles. The van der Waals surface area contributed by atoms with Crippen LogP contribution in [0.2, 0.25) is 0 Å². The molecule has 5 aliphatic rings. The van der Waals surface area contributed by atoms with Crippen molar-refractivity contribution >= 4 is 0 Å². The molecule has 5 heterocycles. The summed E-state index contributed by atoms with van der Waals surface area (Å²) in [5.41, 5.74) is 0. The van der Waals surface area contributed by atoms with Gasteiger partial charge in [0.05, 0.1) is 33.0 Å². The second-order valence-corrected chi connectivity index (χ2v) is 13.9. The Balaban J connectivity index is 1.32. The van der Waals surface area contributed by atoms with Gasteiger partial charge in [0.25, 0.3) is 0 Å². The molecule has 26 nitrogen and oxygen atoms in total. The Kier molecular flexibility index (Phi) is 16.1. The average Bonchev–Trinajstić information content (AvgIpc) is 3.19. The lowest BCUT2D eigenvalue weighted by molar-refractivity contribution is -0.398. The van der Waals surface area contributed by atoms with Crippen LogP contribution in [0.1, 0.15) is 0 Å². The molecule has 0 aliphatic carbocycles. The van der Waals surface area contributed by atoms with E-state index < -0.39 is 187 Å². The second kappa shape index (κ2) is 19.6. The van der Waals surface area contributed by atoms with Gasteiger partial charge >= 0.3 is 0 Å². The maximum atomic E-state index is 11.2. The van der Waals surface area contributed by atoms with Crippen LogP contribution in [-0.2, 0) is 42.6 Å². The summed E-state index contributed by atoms with van der Waals surface area (Å²) in [4.78, 5) is 0. The van der Waals surface area contributed by atoms with Crippen LogP contribution in [0.3, 0.4) is 0 Å². The van der Waals surface area contributed by atoms with Gasteiger partial charge in [0.1, 0.15) is 122 Å². The summed E-state index contributed by atoms with van der Waals surface area (Å²) in [5.74, 6) is 0. The lowest BCUT2D eigenvalue weighted by Gasteiger charge is -2.49. The summed E-state index contributed by atoms with van der Waals surface area (Å²) in [6, 6.07) is 0. The zero-order chi connectivity index (χ0) is 41.3. The summed E-state index contributed by atoms with van der Waals surface area (Å²) in [6.07, 6.45) is -46.8. The van der Waals surface area contributed by atoms with Gasteiger partial charge in [-0.25, -0.2) is 0 Å². The van der Waals surface area contributed by atoms with Crippen LogP contribution in [0, 0.1) is 0 Å². The minimum Gasteiger partial charge on any atom is -0.394 e. The normalized spacial score (nSPS) is 53.2. The molecule has 1 unspecified atom stereocenters. The lowest BCUT2D eigenvalue weighted by atomic mass is 9.95. The molecule has 328 valence electrons. The Labute approximate surface area is 316 Å². The fraction of sp³-hybridized carbons (Fsp3) is 1.00. The van der Waals surface area contributed by atoms with Gasteiger partial charge in [0, 0.05) is 0 Å². The highest BCUT2D eigenvalue weighted by atomic mass is 16.8. The molecular formula is C30H52O26. The second-order valence-electron chi connectivity index (χ2n) is 13.9. The SMILES string of the molecule is OC[C@H]1O[C@@H](O[C@@H]2[C@H](O)[C@@H](O)[C@@H](O[C@H]3[C@@H](O)[C@@H](CO)O[C@@H](O[C@H]4[C@H](O)[C@@H](O)C(O)O[C@@H]4CO)[C@@H]3O)O[C@@H]2CO)[C@H](O[C@@H]2O[C@H](CO)[C@@H](O)[C@H](O)[C@H]2O)[C@@H](O)[C@H]1O. The van der Waals surface area contributed by atoms with Crippen LogP contribution >= 0.6 is 0 Å². The van der Waals surface area contributed by atoms with Gasteiger partial charge in [-0.3, -0.25) is 0 Å². The van der Waals surface area contributed by atoms with Crippen molar-refractivity contribution in [2.45, 2.75) is 154 Å². The summed E-state index contributed by atoms with van der Waals surface area (Å²) in [5, 5.41) is 176. The van der Waals surface area contributed by atoms with Gasteiger partial charge in [-0.2, -0.15) is 0 Å². The highest BCUT2D eigenvalue weighted by Crippen LogP contribution is 2.35. The highest BCUT2D eigenvalue weighted by molar-refractivity contribution is 4.99. The minimum absolute atomic E-state index is 0.858. The molecule has 26 heteroatoms. The van der Waals surface area contributed by atoms with Gasteiger partial charge in [-0.05, 0) is 0 Å². The van der Waals surface area contributed by atoms with E-state index in [4.69, 9.17) is 42.6 Å². The van der Waals surface area contributed by atoms with Crippen molar-refractivity contribution in [3.05, 3.63) is 0 Å². The summed E-state index contributed by atoms with van der Waals surface area (Å²) >= 11 is 0.